The molecule has 0 spiro atoms. The van der Waals surface area contributed by atoms with Gasteiger partial charge in [-0.05, 0) is 30.4 Å². The standard InChI is InChI=1S/C16H19Cl3N2/c1-10-3-2-4-11(10)9-21-15-8-13(19)12(18)7-14(15)20-16(21)5-6-17/h7-8,10-11H,2-6,9H2,1H3. The Hall–Kier alpha value is -0.440. The number of benzene rings is 1. The lowest BCUT2D eigenvalue weighted by Crippen LogP contribution is -2.15. The van der Waals surface area contributed by atoms with E-state index in [1.165, 1.54) is 19.3 Å². The normalized spacial score (nSPS) is 22.3. The summed E-state index contributed by atoms with van der Waals surface area (Å²) < 4.78 is 2.30. The molecule has 2 nitrogen and oxygen atoms in total. The summed E-state index contributed by atoms with van der Waals surface area (Å²) in [7, 11) is 0. The van der Waals surface area contributed by atoms with Gasteiger partial charge < -0.3 is 4.57 Å². The van der Waals surface area contributed by atoms with Gasteiger partial charge in [0.2, 0.25) is 0 Å². The SMILES string of the molecule is CC1CCCC1Cn1c(CCCl)nc2cc(Cl)c(Cl)cc21. The Morgan fingerprint density at radius 1 is 1.24 bits per heavy atom. The van der Waals surface area contributed by atoms with Crippen molar-refractivity contribution in [2.75, 3.05) is 5.88 Å². The molecule has 1 aromatic carbocycles. The van der Waals surface area contributed by atoms with Crippen LogP contribution in [0.3, 0.4) is 0 Å². The van der Waals surface area contributed by atoms with Gasteiger partial charge in [-0.15, -0.1) is 11.6 Å². The summed E-state index contributed by atoms with van der Waals surface area (Å²) in [5.74, 6) is 3.10. The smallest absolute Gasteiger partial charge is 0.111 e. The van der Waals surface area contributed by atoms with E-state index >= 15 is 0 Å². The second-order valence-corrected chi connectivity index (χ2v) is 7.19. The Kier molecular flexibility index (Phi) is 4.68. The predicted octanol–water partition coefficient (Wildman–Crippen LogP) is 5.56. The first-order chi connectivity index (χ1) is 10.1. The first kappa shape index (κ1) is 15.5. The highest BCUT2D eigenvalue weighted by molar-refractivity contribution is 6.42. The summed E-state index contributed by atoms with van der Waals surface area (Å²) in [4.78, 5) is 4.71. The number of fused-ring (bicyclic) bond motifs is 1. The molecule has 0 radical (unpaired) electrons. The van der Waals surface area contributed by atoms with Crippen LogP contribution in [0.4, 0.5) is 0 Å². The van der Waals surface area contributed by atoms with Gasteiger partial charge in [0, 0.05) is 18.8 Å². The first-order valence-corrected chi connectivity index (χ1v) is 8.79. The number of aryl methyl sites for hydroxylation is 1. The van der Waals surface area contributed by atoms with Crippen LogP contribution in [-0.4, -0.2) is 15.4 Å². The zero-order valence-electron chi connectivity index (χ0n) is 12.1. The molecule has 2 aromatic rings. The number of aromatic nitrogens is 2. The Labute approximate surface area is 140 Å². The molecule has 1 fully saturated rings. The second-order valence-electron chi connectivity index (χ2n) is 6.00. The van der Waals surface area contributed by atoms with Gasteiger partial charge in [-0.1, -0.05) is 43.0 Å². The molecule has 5 heteroatoms. The average molecular weight is 346 g/mol. The number of imidazole rings is 1. The maximum Gasteiger partial charge on any atom is 0.111 e. The van der Waals surface area contributed by atoms with Crippen molar-refractivity contribution in [3.63, 3.8) is 0 Å². The minimum absolute atomic E-state index is 0.556. The van der Waals surface area contributed by atoms with Gasteiger partial charge in [-0.2, -0.15) is 0 Å². The first-order valence-electron chi connectivity index (χ1n) is 7.50. The number of hydrogen-bond donors (Lipinski definition) is 0. The van der Waals surface area contributed by atoms with Crippen molar-refractivity contribution in [2.45, 2.75) is 39.2 Å². The summed E-state index contributed by atoms with van der Waals surface area (Å²) >= 11 is 18.2. The molecule has 0 saturated heterocycles. The number of halogens is 3. The molecule has 1 aromatic heterocycles. The average Bonchev–Trinajstić information content (AvgIpc) is 2.98. The number of rotatable bonds is 4. The molecule has 1 aliphatic rings. The van der Waals surface area contributed by atoms with E-state index in [1.54, 1.807) is 0 Å². The molecule has 114 valence electrons. The quantitative estimate of drug-likeness (QED) is 0.663. The minimum atomic E-state index is 0.556. The van der Waals surface area contributed by atoms with E-state index in [4.69, 9.17) is 39.8 Å². The molecular formula is C16H19Cl3N2. The maximum absolute atomic E-state index is 6.19. The van der Waals surface area contributed by atoms with E-state index < -0.39 is 0 Å². The van der Waals surface area contributed by atoms with Gasteiger partial charge in [-0.3, -0.25) is 0 Å². The molecule has 3 rings (SSSR count). The zero-order valence-corrected chi connectivity index (χ0v) is 14.3. The van der Waals surface area contributed by atoms with Gasteiger partial charge in [-0.25, -0.2) is 4.98 Å². The molecule has 0 N–H and O–H groups in total. The number of nitrogens with zero attached hydrogens (tertiary/aromatic N) is 2. The van der Waals surface area contributed by atoms with E-state index in [2.05, 4.69) is 11.5 Å². The lowest BCUT2D eigenvalue weighted by molar-refractivity contribution is 0.363. The minimum Gasteiger partial charge on any atom is -0.328 e. The largest absolute Gasteiger partial charge is 0.328 e. The highest BCUT2D eigenvalue weighted by Gasteiger charge is 2.25. The fraction of sp³-hybridized carbons (Fsp3) is 0.562. The van der Waals surface area contributed by atoms with Crippen molar-refractivity contribution in [3.05, 3.63) is 28.0 Å². The van der Waals surface area contributed by atoms with Crippen LogP contribution in [-0.2, 0) is 13.0 Å². The van der Waals surface area contributed by atoms with Crippen LogP contribution in [0.2, 0.25) is 10.0 Å². The Balaban J connectivity index is 2.04. The maximum atomic E-state index is 6.19. The highest BCUT2D eigenvalue weighted by atomic mass is 35.5. The van der Waals surface area contributed by atoms with Crippen LogP contribution >= 0.6 is 34.8 Å². The molecule has 0 bridgehead atoms. The zero-order chi connectivity index (χ0) is 15.0. The van der Waals surface area contributed by atoms with E-state index in [0.29, 0.717) is 21.8 Å². The van der Waals surface area contributed by atoms with Gasteiger partial charge in [0.1, 0.15) is 5.82 Å². The van der Waals surface area contributed by atoms with Gasteiger partial charge in [0.25, 0.3) is 0 Å². The fourth-order valence-electron chi connectivity index (χ4n) is 3.38. The highest BCUT2D eigenvalue weighted by Crippen LogP contribution is 2.35. The van der Waals surface area contributed by atoms with E-state index in [0.717, 1.165) is 35.7 Å². The third-order valence-electron chi connectivity index (χ3n) is 4.64. The Bertz CT molecular complexity index is 650. The predicted molar refractivity (Wildman–Crippen MR) is 90.7 cm³/mol. The third kappa shape index (κ3) is 3.04. The molecule has 2 unspecified atom stereocenters. The fourth-order valence-corrected chi connectivity index (χ4v) is 3.86. The number of hydrogen-bond acceptors (Lipinski definition) is 1. The third-order valence-corrected chi connectivity index (χ3v) is 5.55. The van der Waals surface area contributed by atoms with E-state index in [-0.39, 0.29) is 0 Å². The van der Waals surface area contributed by atoms with Crippen LogP contribution in [0.5, 0.6) is 0 Å². The van der Waals surface area contributed by atoms with Crippen molar-refractivity contribution < 1.29 is 0 Å². The van der Waals surface area contributed by atoms with Gasteiger partial charge in [0.05, 0.1) is 21.1 Å². The molecule has 0 aliphatic heterocycles. The van der Waals surface area contributed by atoms with Crippen molar-refractivity contribution in [1.82, 2.24) is 9.55 Å². The van der Waals surface area contributed by atoms with Crippen molar-refractivity contribution >= 4 is 45.8 Å². The summed E-state index contributed by atoms with van der Waals surface area (Å²) in [6, 6.07) is 3.79. The molecular weight excluding hydrogens is 327 g/mol. The molecule has 1 heterocycles. The summed E-state index contributed by atoms with van der Waals surface area (Å²) in [5.41, 5.74) is 1.98. The Morgan fingerprint density at radius 3 is 2.67 bits per heavy atom. The molecule has 1 aliphatic carbocycles. The molecule has 21 heavy (non-hydrogen) atoms. The monoisotopic (exact) mass is 344 g/mol. The van der Waals surface area contributed by atoms with Crippen molar-refractivity contribution in [2.24, 2.45) is 11.8 Å². The van der Waals surface area contributed by atoms with Crippen LogP contribution in [0.1, 0.15) is 32.0 Å². The molecule has 0 amide bonds. The summed E-state index contributed by atoms with van der Waals surface area (Å²) in [6.45, 7) is 3.35. The van der Waals surface area contributed by atoms with E-state index in [9.17, 15) is 0 Å². The summed E-state index contributed by atoms with van der Waals surface area (Å²) in [6.07, 6.45) is 4.72. The lowest BCUT2D eigenvalue weighted by Gasteiger charge is -2.18. The topological polar surface area (TPSA) is 17.8 Å². The molecule has 2 atom stereocenters. The van der Waals surface area contributed by atoms with Crippen LogP contribution in [0.15, 0.2) is 12.1 Å². The van der Waals surface area contributed by atoms with E-state index in [1.807, 2.05) is 12.1 Å². The van der Waals surface area contributed by atoms with Gasteiger partial charge in [0.15, 0.2) is 0 Å². The Morgan fingerprint density at radius 2 is 2.00 bits per heavy atom. The second kappa shape index (κ2) is 6.36. The summed E-state index contributed by atoms with van der Waals surface area (Å²) in [5, 5.41) is 1.14. The van der Waals surface area contributed by atoms with Crippen molar-refractivity contribution in [1.29, 1.82) is 0 Å². The van der Waals surface area contributed by atoms with Gasteiger partial charge >= 0.3 is 0 Å². The molecule has 1 saturated carbocycles. The van der Waals surface area contributed by atoms with Crippen LogP contribution in [0, 0.1) is 11.8 Å². The number of alkyl halides is 1. The van der Waals surface area contributed by atoms with Crippen molar-refractivity contribution in [3.8, 4) is 0 Å². The van der Waals surface area contributed by atoms with Crippen LogP contribution in [0.25, 0.3) is 11.0 Å². The van der Waals surface area contributed by atoms with Crippen LogP contribution < -0.4 is 0 Å². The lowest BCUT2D eigenvalue weighted by atomic mass is 9.98.